The van der Waals surface area contributed by atoms with Crippen LogP contribution < -0.4 is 0 Å². The average Bonchev–Trinajstić information content (AvgIpc) is 2.54. The molecule has 0 unspecified atom stereocenters. The second kappa shape index (κ2) is 7.24. The van der Waals surface area contributed by atoms with E-state index in [0.717, 1.165) is 61.5 Å². The summed E-state index contributed by atoms with van der Waals surface area (Å²) in [5.74, 6) is 0.781. The molecular weight excluding hydrogens is 300 g/mol. The minimum absolute atomic E-state index is 0.391. The van der Waals surface area contributed by atoms with Gasteiger partial charge in [-0.1, -0.05) is 24.3 Å². The molecule has 24 heavy (non-hydrogen) atoms. The molecule has 0 radical (unpaired) electrons. The van der Waals surface area contributed by atoms with Crippen molar-refractivity contribution in [3.05, 3.63) is 58.7 Å². The number of aryl methyl sites for hydroxylation is 2. The zero-order chi connectivity index (χ0) is 17.1. The third-order valence-electron chi connectivity index (χ3n) is 4.73. The van der Waals surface area contributed by atoms with Gasteiger partial charge in [0.05, 0.1) is 0 Å². The van der Waals surface area contributed by atoms with Crippen LogP contribution in [-0.2, 0) is 13.1 Å². The molecule has 1 saturated heterocycles. The minimum Gasteiger partial charge on any atom is -0.508 e. The van der Waals surface area contributed by atoms with Crippen LogP contribution in [0, 0.1) is 13.8 Å². The molecule has 0 spiro atoms. The van der Waals surface area contributed by atoms with Crippen molar-refractivity contribution in [1.29, 1.82) is 0 Å². The molecule has 1 aliphatic rings. The van der Waals surface area contributed by atoms with E-state index in [1.54, 1.807) is 0 Å². The van der Waals surface area contributed by atoms with Crippen LogP contribution in [0.15, 0.2) is 36.4 Å². The Morgan fingerprint density at radius 3 is 1.42 bits per heavy atom. The highest BCUT2D eigenvalue weighted by molar-refractivity contribution is 5.36. The van der Waals surface area contributed by atoms with E-state index in [4.69, 9.17) is 0 Å². The van der Waals surface area contributed by atoms with E-state index < -0.39 is 0 Å². The van der Waals surface area contributed by atoms with Crippen LogP contribution in [0.4, 0.5) is 0 Å². The van der Waals surface area contributed by atoms with Gasteiger partial charge in [0.1, 0.15) is 11.5 Å². The lowest BCUT2D eigenvalue weighted by molar-refractivity contribution is 0.120. The van der Waals surface area contributed by atoms with Crippen LogP contribution in [0.1, 0.15) is 22.3 Å². The number of benzene rings is 2. The monoisotopic (exact) mass is 326 g/mol. The van der Waals surface area contributed by atoms with Gasteiger partial charge in [0.2, 0.25) is 0 Å². The normalized spacial score (nSPS) is 16.4. The molecule has 2 aromatic carbocycles. The van der Waals surface area contributed by atoms with Crippen LogP contribution in [0.2, 0.25) is 0 Å². The highest BCUT2D eigenvalue weighted by Crippen LogP contribution is 2.23. The van der Waals surface area contributed by atoms with Gasteiger partial charge in [-0.15, -0.1) is 0 Å². The van der Waals surface area contributed by atoms with E-state index >= 15 is 0 Å². The molecular formula is C20H26N2O2. The van der Waals surface area contributed by atoms with E-state index in [0.29, 0.717) is 11.5 Å². The van der Waals surface area contributed by atoms with Gasteiger partial charge in [-0.2, -0.15) is 0 Å². The number of nitrogens with zero attached hydrogens (tertiary/aromatic N) is 2. The summed E-state index contributed by atoms with van der Waals surface area (Å²) in [5.41, 5.74) is 4.15. The number of phenols is 2. The van der Waals surface area contributed by atoms with Gasteiger partial charge in [-0.25, -0.2) is 0 Å². The topological polar surface area (TPSA) is 46.9 Å². The van der Waals surface area contributed by atoms with Gasteiger partial charge in [0.25, 0.3) is 0 Å². The minimum atomic E-state index is 0.391. The van der Waals surface area contributed by atoms with Crippen LogP contribution >= 0.6 is 0 Å². The molecule has 2 N–H and O–H groups in total. The van der Waals surface area contributed by atoms with Crippen molar-refractivity contribution in [1.82, 2.24) is 9.80 Å². The van der Waals surface area contributed by atoms with Crippen molar-refractivity contribution in [2.75, 3.05) is 26.2 Å². The van der Waals surface area contributed by atoms with Gasteiger partial charge in [0.15, 0.2) is 0 Å². The van der Waals surface area contributed by atoms with Crippen LogP contribution in [-0.4, -0.2) is 46.2 Å². The second-order valence-electron chi connectivity index (χ2n) is 6.82. The molecule has 2 aromatic rings. The quantitative estimate of drug-likeness (QED) is 0.907. The Morgan fingerprint density at radius 2 is 1.08 bits per heavy atom. The fourth-order valence-corrected chi connectivity index (χ4v) is 3.20. The number of piperazine rings is 1. The fraction of sp³-hybridized carbons (Fsp3) is 0.400. The average molecular weight is 326 g/mol. The molecule has 0 aliphatic carbocycles. The van der Waals surface area contributed by atoms with E-state index in [1.807, 2.05) is 50.2 Å². The lowest BCUT2D eigenvalue weighted by Gasteiger charge is -2.35. The molecule has 0 atom stereocenters. The molecule has 3 rings (SSSR count). The maximum atomic E-state index is 10.1. The highest BCUT2D eigenvalue weighted by Gasteiger charge is 2.19. The van der Waals surface area contributed by atoms with Gasteiger partial charge in [-0.05, 0) is 37.1 Å². The lowest BCUT2D eigenvalue weighted by Crippen LogP contribution is -2.45. The zero-order valence-electron chi connectivity index (χ0n) is 14.5. The van der Waals surface area contributed by atoms with E-state index in [-0.39, 0.29) is 0 Å². The Bertz CT molecular complexity index is 645. The summed E-state index contributed by atoms with van der Waals surface area (Å²) >= 11 is 0. The second-order valence-corrected chi connectivity index (χ2v) is 6.82. The molecule has 0 saturated carbocycles. The SMILES string of the molecule is Cc1ccc(CN2CCN(Cc3ccc(C)cc3O)CC2)c(O)c1. The van der Waals surface area contributed by atoms with Crippen LogP contribution in [0.5, 0.6) is 11.5 Å². The molecule has 1 fully saturated rings. The Kier molecular flexibility index (Phi) is 5.07. The molecule has 0 amide bonds. The molecule has 128 valence electrons. The van der Waals surface area contributed by atoms with Crippen molar-refractivity contribution in [3.8, 4) is 11.5 Å². The predicted molar refractivity (Wildman–Crippen MR) is 96.2 cm³/mol. The maximum Gasteiger partial charge on any atom is 0.120 e. The third-order valence-corrected chi connectivity index (χ3v) is 4.73. The molecule has 1 heterocycles. The van der Waals surface area contributed by atoms with Crippen LogP contribution in [0.3, 0.4) is 0 Å². The first kappa shape index (κ1) is 16.8. The standard InChI is InChI=1S/C20H26N2O2/c1-15-3-5-17(19(23)11-15)13-21-7-9-22(10-8-21)14-18-6-4-16(2)12-20(18)24/h3-6,11-12,23-24H,7-10,13-14H2,1-2H3. The molecule has 4 nitrogen and oxygen atoms in total. The van der Waals surface area contributed by atoms with E-state index in [1.165, 1.54) is 0 Å². The summed E-state index contributed by atoms with van der Waals surface area (Å²) in [6.07, 6.45) is 0. The van der Waals surface area contributed by atoms with Gasteiger partial charge in [0, 0.05) is 50.4 Å². The first-order chi connectivity index (χ1) is 11.5. The number of phenolic OH excluding ortho intramolecular Hbond substituents is 2. The zero-order valence-corrected chi connectivity index (χ0v) is 14.5. The van der Waals surface area contributed by atoms with Crippen molar-refractivity contribution >= 4 is 0 Å². The number of aromatic hydroxyl groups is 2. The summed E-state index contributed by atoms with van der Waals surface area (Å²) in [7, 11) is 0. The maximum absolute atomic E-state index is 10.1. The van der Waals surface area contributed by atoms with Gasteiger partial charge in [-0.3, -0.25) is 9.80 Å². The third kappa shape index (κ3) is 4.08. The summed E-state index contributed by atoms with van der Waals surface area (Å²) in [6, 6.07) is 11.8. The highest BCUT2D eigenvalue weighted by atomic mass is 16.3. The number of hydrogen-bond acceptors (Lipinski definition) is 4. The van der Waals surface area contributed by atoms with Crippen molar-refractivity contribution in [2.45, 2.75) is 26.9 Å². The smallest absolute Gasteiger partial charge is 0.120 e. The molecule has 4 heteroatoms. The summed E-state index contributed by atoms with van der Waals surface area (Å²) in [5, 5.41) is 20.1. The molecule has 0 aromatic heterocycles. The number of hydrogen-bond donors (Lipinski definition) is 2. The molecule has 1 aliphatic heterocycles. The Balaban J connectivity index is 1.54. The summed E-state index contributed by atoms with van der Waals surface area (Å²) in [6.45, 7) is 9.44. The first-order valence-corrected chi connectivity index (χ1v) is 8.53. The van der Waals surface area contributed by atoms with Crippen molar-refractivity contribution in [2.24, 2.45) is 0 Å². The van der Waals surface area contributed by atoms with Gasteiger partial charge < -0.3 is 10.2 Å². The Morgan fingerprint density at radius 1 is 0.708 bits per heavy atom. The first-order valence-electron chi connectivity index (χ1n) is 8.53. The van der Waals surface area contributed by atoms with E-state index in [2.05, 4.69) is 9.80 Å². The largest absolute Gasteiger partial charge is 0.508 e. The molecule has 0 bridgehead atoms. The lowest BCUT2D eigenvalue weighted by atomic mass is 10.1. The van der Waals surface area contributed by atoms with Gasteiger partial charge >= 0.3 is 0 Å². The summed E-state index contributed by atoms with van der Waals surface area (Å²) < 4.78 is 0. The van der Waals surface area contributed by atoms with E-state index in [9.17, 15) is 10.2 Å². The summed E-state index contributed by atoms with van der Waals surface area (Å²) in [4.78, 5) is 4.74. The Labute approximate surface area is 144 Å². The number of rotatable bonds is 4. The fourth-order valence-electron chi connectivity index (χ4n) is 3.20. The predicted octanol–water partition coefficient (Wildman–Crippen LogP) is 3.03. The Hall–Kier alpha value is -2.04. The van der Waals surface area contributed by atoms with Crippen LogP contribution in [0.25, 0.3) is 0 Å². The van der Waals surface area contributed by atoms with Crippen molar-refractivity contribution in [3.63, 3.8) is 0 Å². The van der Waals surface area contributed by atoms with Crippen molar-refractivity contribution < 1.29 is 10.2 Å².